The number of pyridine rings is 1. The maximum absolute atomic E-state index is 5.04. The summed E-state index contributed by atoms with van der Waals surface area (Å²) in [6.45, 7) is 1.08. The lowest BCUT2D eigenvalue weighted by Crippen LogP contribution is -2.13. The first-order valence-electron chi connectivity index (χ1n) is 6.62. The topological polar surface area (TPSA) is 34.1 Å². The van der Waals surface area contributed by atoms with Gasteiger partial charge in [0.05, 0.1) is 19.0 Å². The number of methoxy groups -OCH3 is 1. The van der Waals surface area contributed by atoms with Crippen LogP contribution >= 0.6 is 0 Å². The highest BCUT2D eigenvalue weighted by molar-refractivity contribution is 5.41. The molecular formula is C14H22N2O. The molecule has 0 amide bonds. The fraction of sp³-hybridized carbons (Fsp3) is 0.643. The summed E-state index contributed by atoms with van der Waals surface area (Å²) in [5, 5.41) is 3.48. The summed E-state index contributed by atoms with van der Waals surface area (Å²) in [6.07, 6.45) is 10.2. The Labute approximate surface area is 104 Å². The van der Waals surface area contributed by atoms with Crippen LogP contribution in [0.3, 0.4) is 0 Å². The van der Waals surface area contributed by atoms with Crippen LogP contribution in [0.5, 0.6) is 5.88 Å². The van der Waals surface area contributed by atoms with Gasteiger partial charge in [-0.3, -0.25) is 0 Å². The van der Waals surface area contributed by atoms with Gasteiger partial charge in [0.25, 0.3) is 0 Å². The minimum Gasteiger partial charge on any atom is -0.481 e. The number of ether oxygens (including phenoxy) is 1. The summed E-state index contributed by atoms with van der Waals surface area (Å²) in [4.78, 5) is 4.19. The number of nitrogens with zero attached hydrogens (tertiary/aromatic N) is 1. The molecule has 0 atom stereocenters. The number of hydrogen-bond acceptors (Lipinski definition) is 3. The van der Waals surface area contributed by atoms with Crippen molar-refractivity contribution >= 4 is 5.69 Å². The van der Waals surface area contributed by atoms with E-state index in [1.54, 1.807) is 7.11 Å². The number of anilines is 1. The molecule has 0 aliphatic heterocycles. The molecule has 94 valence electrons. The van der Waals surface area contributed by atoms with E-state index in [9.17, 15) is 0 Å². The number of aromatic nitrogens is 1. The van der Waals surface area contributed by atoms with Gasteiger partial charge in [0.1, 0.15) is 0 Å². The van der Waals surface area contributed by atoms with Gasteiger partial charge in [0, 0.05) is 12.6 Å². The van der Waals surface area contributed by atoms with E-state index in [1.807, 2.05) is 18.3 Å². The van der Waals surface area contributed by atoms with Crippen LogP contribution in [-0.2, 0) is 0 Å². The first-order valence-corrected chi connectivity index (χ1v) is 6.62. The lowest BCUT2D eigenvalue weighted by molar-refractivity contribution is 0.398. The van der Waals surface area contributed by atoms with Crippen LogP contribution in [-0.4, -0.2) is 18.6 Å². The van der Waals surface area contributed by atoms with Crippen molar-refractivity contribution in [2.75, 3.05) is 19.0 Å². The lowest BCUT2D eigenvalue weighted by atomic mass is 10.0. The maximum Gasteiger partial charge on any atom is 0.213 e. The van der Waals surface area contributed by atoms with Crippen molar-refractivity contribution in [2.45, 2.75) is 38.5 Å². The second-order valence-electron chi connectivity index (χ2n) is 4.83. The third-order valence-electron chi connectivity index (χ3n) is 3.52. The molecule has 1 aliphatic carbocycles. The molecule has 0 unspecified atom stereocenters. The molecule has 0 aromatic carbocycles. The Morgan fingerprint density at radius 1 is 1.24 bits per heavy atom. The molecule has 1 aromatic heterocycles. The van der Waals surface area contributed by atoms with E-state index < -0.39 is 0 Å². The highest BCUT2D eigenvalue weighted by Crippen LogP contribution is 2.23. The number of hydrogen-bond donors (Lipinski definition) is 1. The molecule has 17 heavy (non-hydrogen) atoms. The summed E-state index contributed by atoms with van der Waals surface area (Å²) in [6, 6.07) is 3.93. The van der Waals surface area contributed by atoms with Crippen LogP contribution in [0.4, 0.5) is 5.69 Å². The van der Waals surface area contributed by atoms with Gasteiger partial charge in [-0.1, -0.05) is 25.7 Å². The summed E-state index contributed by atoms with van der Waals surface area (Å²) in [5.41, 5.74) is 1.09. The second-order valence-corrected chi connectivity index (χ2v) is 4.83. The molecule has 1 N–H and O–H groups in total. The molecule has 1 fully saturated rings. The van der Waals surface area contributed by atoms with E-state index in [1.165, 1.54) is 38.5 Å². The van der Waals surface area contributed by atoms with Crippen LogP contribution in [0.15, 0.2) is 18.3 Å². The van der Waals surface area contributed by atoms with Crippen molar-refractivity contribution in [3.63, 3.8) is 0 Å². The Kier molecular flexibility index (Phi) is 4.65. The molecule has 0 radical (unpaired) electrons. The van der Waals surface area contributed by atoms with Crippen LogP contribution in [0, 0.1) is 5.92 Å². The van der Waals surface area contributed by atoms with E-state index in [0.717, 1.165) is 18.2 Å². The largest absolute Gasteiger partial charge is 0.481 e. The van der Waals surface area contributed by atoms with Gasteiger partial charge in [-0.15, -0.1) is 0 Å². The lowest BCUT2D eigenvalue weighted by Gasteiger charge is -2.15. The van der Waals surface area contributed by atoms with Crippen molar-refractivity contribution < 1.29 is 4.74 Å². The molecule has 2 rings (SSSR count). The maximum atomic E-state index is 5.04. The predicted molar refractivity (Wildman–Crippen MR) is 70.5 cm³/mol. The highest BCUT2D eigenvalue weighted by atomic mass is 16.5. The average molecular weight is 234 g/mol. The molecule has 1 aliphatic rings. The van der Waals surface area contributed by atoms with E-state index in [4.69, 9.17) is 4.74 Å². The highest BCUT2D eigenvalue weighted by Gasteiger charge is 2.11. The molecule has 0 bridgehead atoms. The van der Waals surface area contributed by atoms with Crippen molar-refractivity contribution in [3.8, 4) is 5.88 Å². The van der Waals surface area contributed by atoms with Gasteiger partial charge in [-0.25, -0.2) is 4.98 Å². The van der Waals surface area contributed by atoms with Crippen LogP contribution < -0.4 is 10.1 Å². The Hall–Kier alpha value is -1.25. The molecule has 3 heteroatoms. The fourth-order valence-electron chi connectivity index (χ4n) is 2.44. The second kappa shape index (κ2) is 6.48. The van der Waals surface area contributed by atoms with Gasteiger partial charge < -0.3 is 10.1 Å². The molecule has 3 nitrogen and oxygen atoms in total. The average Bonchev–Trinajstić information content (AvgIpc) is 2.65. The van der Waals surface area contributed by atoms with Crippen molar-refractivity contribution in [1.82, 2.24) is 4.98 Å². The first kappa shape index (κ1) is 12.2. The zero-order valence-corrected chi connectivity index (χ0v) is 10.6. The molecule has 0 saturated heterocycles. The SMILES string of the molecule is COc1ccc(NCC2CCCCCC2)cn1. The monoisotopic (exact) mass is 234 g/mol. The van der Waals surface area contributed by atoms with Gasteiger partial charge >= 0.3 is 0 Å². The summed E-state index contributed by atoms with van der Waals surface area (Å²) in [5.74, 6) is 1.50. The Morgan fingerprint density at radius 3 is 2.59 bits per heavy atom. The smallest absolute Gasteiger partial charge is 0.213 e. The van der Waals surface area contributed by atoms with Gasteiger partial charge in [-0.05, 0) is 24.8 Å². The summed E-state index contributed by atoms with van der Waals surface area (Å²) >= 11 is 0. The Bertz CT molecular complexity index is 315. The predicted octanol–water partition coefficient (Wildman–Crippen LogP) is 3.47. The number of rotatable bonds is 4. The molecule has 1 saturated carbocycles. The fourth-order valence-corrected chi connectivity index (χ4v) is 2.44. The summed E-state index contributed by atoms with van der Waals surface area (Å²) < 4.78 is 5.04. The van der Waals surface area contributed by atoms with Crippen molar-refractivity contribution in [2.24, 2.45) is 5.92 Å². The Balaban J connectivity index is 1.79. The van der Waals surface area contributed by atoms with E-state index >= 15 is 0 Å². The van der Waals surface area contributed by atoms with Crippen molar-refractivity contribution in [1.29, 1.82) is 0 Å². The molecular weight excluding hydrogens is 212 g/mol. The van der Waals surface area contributed by atoms with Crippen LogP contribution in [0.2, 0.25) is 0 Å². The Morgan fingerprint density at radius 2 is 2.00 bits per heavy atom. The zero-order chi connectivity index (χ0) is 11.9. The molecule has 1 heterocycles. The third-order valence-corrected chi connectivity index (χ3v) is 3.52. The van der Waals surface area contributed by atoms with Gasteiger partial charge in [0.15, 0.2) is 0 Å². The van der Waals surface area contributed by atoms with Gasteiger partial charge in [-0.2, -0.15) is 0 Å². The molecule has 0 spiro atoms. The van der Waals surface area contributed by atoms with Crippen molar-refractivity contribution in [3.05, 3.63) is 18.3 Å². The minimum atomic E-state index is 0.671. The zero-order valence-electron chi connectivity index (χ0n) is 10.6. The minimum absolute atomic E-state index is 0.671. The first-order chi connectivity index (χ1) is 8.38. The molecule has 1 aromatic rings. The normalized spacial score (nSPS) is 17.5. The van der Waals surface area contributed by atoms with Crippen LogP contribution in [0.1, 0.15) is 38.5 Å². The van der Waals surface area contributed by atoms with Crippen LogP contribution in [0.25, 0.3) is 0 Å². The third kappa shape index (κ3) is 3.91. The van der Waals surface area contributed by atoms with E-state index in [-0.39, 0.29) is 0 Å². The van der Waals surface area contributed by atoms with Gasteiger partial charge in [0.2, 0.25) is 5.88 Å². The number of nitrogens with one attached hydrogen (secondary N) is 1. The quantitative estimate of drug-likeness (QED) is 0.810. The van der Waals surface area contributed by atoms with E-state index in [2.05, 4.69) is 10.3 Å². The summed E-state index contributed by atoms with van der Waals surface area (Å²) in [7, 11) is 1.64. The standard InChI is InChI=1S/C14H22N2O/c1-17-14-9-8-13(11-16-14)15-10-12-6-4-2-3-5-7-12/h8-9,11-12,15H,2-7,10H2,1H3. The van der Waals surface area contributed by atoms with E-state index in [0.29, 0.717) is 5.88 Å².